The third kappa shape index (κ3) is 4.93. The summed E-state index contributed by atoms with van der Waals surface area (Å²) in [6.07, 6.45) is -5.45. The van der Waals surface area contributed by atoms with Crippen LogP contribution in [0.25, 0.3) is 5.69 Å². The molecule has 34 heavy (non-hydrogen) atoms. The van der Waals surface area contributed by atoms with E-state index in [4.69, 9.17) is 0 Å². The maximum atomic E-state index is 14.4. The van der Waals surface area contributed by atoms with E-state index in [9.17, 15) is 40.3 Å². The second-order valence-electron chi connectivity index (χ2n) is 6.79. The van der Waals surface area contributed by atoms with Crippen molar-refractivity contribution >= 4 is 27.6 Å². The third-order valence-corrected chi connectivity index (χ3v) is 5.30. The van der Waals surface area contributed by atoms with Crippen LogP contribution in [0, 0.1) is 30.2 Å². The van der Waals surface area contributed by atoms with E-state index in [1.807, 2.05) is 0 Å². The number of carbonyl (C=O) groups excluding carboxylic acids is 1. The molecule has 3 rings (SSSR count). The second-order valence-corrected chi connectivity index (χ2v) is 7.58. The first-order valence-electron chi connectivity index (χ1n) is 9.19. The van der Waals surface area contributed by atoms with Crippen molar-refractivity contribution in [2.24, 2.45) is 0 Å². The maximum Gasteiger partial charge on any atom is 0.491 e. The topological polar surface area (TPSA) is 60.3 Å². The summed E-state index contributed by atoms with van der Waals surface area (Å²) < 4.78 is 98.8. The number of halogens is 8. The van der Waals surface area contributed by atoms with Gasteiger partial charge in [0.1, 0.15) is 33.4 Å². The first kappa shape index (κ1) is 25.3. The van der Waals surface area contributed by atoms with Crippen molar-refractivity contribution in [3.63, 3.8) is 0 Å². The Labute approximate surface area is 194 Å². The molecule has 5 nitrogen and oxygen atoms in total. The molecule has 0 bridgehead atoms. The van der Waals surface area contributed by atoms with E-state index in [1.54, 1.807) is 0 Å². The van der Waals surface area contributed by atoms with Crippen LogP contribution in [-0.2, 0) is 11.3 Å². The zero-order chi connectivity index (χ0) is 25.4. The summed E-state index contributed by atoms with van der Waals surface area (Å²) in [7, 11) is 0. The predicted octanol–water partition coefficient (Wildman–Crippen LogP) is 5.54. The van der Waals surface area contributed by atoms with Crippen molar-refractivity contribution in [2.45, 2.75) is 19.6 Å². The minimum Gasteiger partial charge on any atom is -0.416 e. The van der Waals surface area contributed by atoms with Crippen molar-refractivity contribution in [1.29, 1.82) is 0 Å². The van der Waals surface area contributed by atoms with Gasteiger partial charge in [-0.2, -0.15) is 13.2 Å². The van der Waals surface area contributed by atoms with Gasteiger partial charge in [-0.25, -0.2) is 22.4 Å². The second kappa shape index (κ2) is 9.49. The average Bonchev–Trinajstić information content (AvgIpc) is 2.74. The minimum atomic E-state index is -5.45. The van der Waals surface area contributed by atoms with Gasteiger partial charge >= 0.3 is 12.1 Å². The lowest BCUT2D eigenvalue weighted by Gasteiger charge is -2.21. The Kier molecular flexibility index (Phi) is 7.05. The van der Waals surface area contributed by atoms with Crippen LogP contribution < -0.4 is 15.6 Å². The van der Waals surface area contributed by atoms with Crippen LogP contribution in [0.3, 0.4) is 0 Å². The summed E-state index contributed by atoms with van der Waals surface area (Å²) in [4.78, 5) is 24.5. The molecule has 0 radical (unpaired) electrons. The zero-order valence-electron chi connectivity index (χ0n) is 16.9. The fraction of sp³-hybridized carbons (Fsp3) is 0.143. The SMILES string of the molecule is Cc1c(OC(=O)C(F)(F)F)c(NCc2ccc(F)cc2F)c(Br)c(=O)n1-c1c(F)cccc1F. The number of nitrogens with one attached hydrogen (secondary N) is 1. The predicted molar refractivity (Wildman–Crippen MR) is 110 cm³/mol. The minimum absolute atomic E-state index is 0.150. The molecule has 0 aliphatic carbocycles. The fourth-order valence-corrected chi connectivity index (χ4v) is 3.49. The van der Waals surface area contributed by atoms with E-state index in [0.29, 0.717) is 10.6 Å². The number of hydrogen-bond acceptors (Lipinski definition) is 4. The summed E-state index contributed by atoms with van der Waals surface area (Å²) in [6.45, 7) is 0.501. The van der Waals surface area contributed by atoms with Gasteiger partial charge < -0.3 is 10.1 Å². The van der Waals surface area contributed by atoms with Gasteiger partial charge in [-0.05, 0) is 41.1 Å². The molecule has 1 N–H and O–H groups in total. The van der Waals surface area contributed by atoms with Crippen LogP contribution >= 0.6 is 15.9 Å². The van der Waals surface area contributed by atoms with Crippen LogP contribution in [0.4, 0.5) is 36.4 Å². The molecule has 0 saturated heterocycles. The largest absolute Gasteiger partial charge is 0.491 e. The number of nitrogens with zero attached hydrogens (tertiary/aromatic N) is 1. The van der Waals surface area contributed by atoms with Crippen LogP contribution in [-0.4, -0.2) is 16.7 Å². The van der Waals surface area contributed by atoms with Crippen LogP contribution in [0.1, 0.15) is 11.3 Å². The van der Waals surface area contributed by atoms with Crippen LogP contribution in [0.15, 0.2) is 45.7 Å². The van der Waals surface area contributed by atoms with Gasteiger partial charge in [0.25, 0.3) is 5.56 Å². The monoisotopic (exact) mass is 552 g/mol. The number of anilines is 1. The van der Waals surface area contributed by atoms with Gasteiger partial charge in [-0.15, -0.1) is 0 Å². The van der Waals surface area contributed by atoms with E-state index in [-0.39, 0.29) is 5.56 Å². The Balaban J connectivity index is 2.22. The Morgan fingerprint density at radius 3 is 2.24 bits per heavy atom. The van der Waals surface area contributed by atoms with Gasteiger partial charge in [0, 0.05) is 18.2 Å². The lowest BCUT2D eigenvalue weighted by molar-refractivity contribution is -0.189. The maximum absolute atomic E-state index is 14.4. The van der Waals surface area contributed by atoms with E-state index in [1.165, 1.54) is 0 Å². The molecule has 3 aromatic rings. The number of esters is 1. The highest BCUT2D eigenvalue weighted by atomic mass is 79.9. The van der Waals surface area contributed by atoms with Gasteiger partial charge in [0.05, 0.1) is 11.4 Å². The smallest absolute Gasteiger partial charge is 0.416 e. The molecule has 0 fully saturated rings. The molecule has 0 aliphatic rings. The molecule has 0 amide bonds. The molecule has 13 heteroatoms. The molecule has 0 unspecified atom stereocenters. The Bertz CT molecular complexity index is 1320. The Morgan fingerprint density at radius 1 is 1.06 bits per heavy atom. The van der Waals surface area contributed by atoms with E-state index < -0.39 is 74.8 Å². The highest BCUT2D eigenvalue weighted by Crippen LogP contribution is 2.37. The third-order valence-electron chi connectivity index (χ3n) is 4.56. The van der Waals surface area contributed by atoms with Crippen molar-refractivity contribution in [2.75, 3.05) is 5.32 Å². The standard InChI is InChI=1S/C21H12BrF7N2O3/c1-9-18(34-20(33)21(27,28)29)16(30-8-10-5-6-11(23)7-14(10)26)15(22)19(32)31(9)17-12(24)3-2-4-13(17)25/h2-7,30H,8H2,1H3. The number of para-hydroxylation sites is 1. The van der Waals surface area contributed by atoms with Crippen LogP contribution in [0.2, 0.25) is 0 Å². The molecular formula is C21H12BrF7N2O3. The molecule has 180 valence electrons. The number of aromatic nitrogens is 1. The van der Waals surface area contributed by atoms with Gasteiger partial charge in [0.15, 0.2) is 5.75 Å². The quantitative estimate of drug-likeness (QED) is 0.333. The Hall–Kier alpha value is -3.35. The van der Waals surface area contributed by atoms with E-state index in [0.717, 1.165) is 37.3 Å². The first-order valence-corrected chi connectivity index (χ1v) is 9.98. The molecule has 2 aromatic carbocycles. The zero-order valence-corrected chi connectivity index (χ0v) is 18.5. The summed E-state index contributed by atoms with van der Waals surface area (Å²) in [5.41, 5.74) is -3.31. The fourth-order valence-electron chi connectivity index (χ4n) is 2.99. The normalized spacial score (nSPS) is 11.4. The number of ether oxygens (including phenoxy) is 1. The molecule has 1 aromatic heterocycles. The number of benzene rings is 2. The van der Waals surface area contributed by atoms with Crippen molar-refractivity contribution < 1.29 is 40.3 Å². The molecule has 0 atom stereocenters. The molecule has 0 saturated carbocycles. The number of alkyl halides is 3. The molecule has 0 aliphatic heterocycles. The number of hydrogen-bond donors (Lipinski definition) is 1. The summed E-state index contributed by atoms with van der Waals surface area (Å²) in [6, 6.07) is 5.13. The van der Waals surface area contributed by atoms with E-state index in [2.05, 4.69) is 26.0 Å². The molecule has 0 spiro atoms. The molecule has 1 heterocycles. The van der Waals surface area contributed by atoms with Crippen molar-refractivity contribution in [3.8, 4) is 11.4 Å². The highest BCUT2D eigenvalue weighted by molar-refractivity contribution is 9.10. The van der Waals surface area contributed by atoms with Crippen molar-refractivity contribution in [3.05, 3.63) is 85.8 Å². The van der Waals surface area contributed by atoms with Gasteiger partial charge in [-0.3, -0.25) is 9.36 Å². The lowest BCUT2D eigenvalue weighted by Crippen LogP contribution is -2.31. The lowest BCUT2D eigenvalue weighted by atomic mass is 10.2. The Morgan fingerprint density at radius 2 is 1.68 bits per heavy atom. The van der Waals surface area contributed by atoms with Gasteiger partial charge in [-0.1, -0.05) is 12.1 Å². The number of pyridine rings is 1. The van der Waals surface area contributed by atoms with Crippen LogP contribution in [0.5, 0.6) is 5.75 Å². The van der Waals surface area contributed by atoms with Gasteiger partial charge in [0.2, 0.25) is 0 Å². The van der Waals surface area contributed by atoms with E-state index >= 15 is 0 Å². The number of carbonyl (C=O) groups is 1. The highest BCUT2D eigenvalue weighted by Gasteiger charge is 2.42. The summed E-state index contributed by atoms with van der Waals surface area (Å²) in [5, 5.41) is 2.45. The summed E-state index contributed by atoms with van der Waals surface area (Å²) >= 11 is 2.84. The first-order chi connectivity index (χ1) is 15.8. The average molecular weight is 553 g/mol. The summed E-state index contributed by atoms with van der Waals surface area (Å²) in [5.74, 6) is -7.92. The number of rotatable bonds is 5. The molecular weight excluding hydrogens is 541 g/mol. The van der Waals surface area contributed by atoms with Crippen molar-refractivity contribution in [1.82, 2.24) is 4.57 Å².